The molecular weight excluding hydrogens is 293 g/mol. The third kappa shape index (κ3) is 3.12. The van der Waals surface area contributed by atoms with Gasteiger partial charge in [0.2, 0.25) is 0 Å². The van der Waals surface area contributed by atoms with Gasteiger partial charge in [-0.1, -0.05) is 36.4 Å². The van der Waals surface area contributed by atoms with Gasteiger partial charge in [-0.25, -0.2) is 0 Å². The first-order chi connectivity index (χ1) is 9.00. The Morgan fingerprint density at radius 3 is 1.85 bits per heavy atom. The van der Waals surface area contributed by atoms with Crippen molar-refractivity contribution in [3.05, 3.63) is 42.0 Å². The maximum Gasteiger partial charge on any atom is 0.459 e. The Bertz CT molecular complexity index is 464. The zero-order valence-electron chi connectivity index (χ0n) is 9.71. The molecule has 20 heavy (non-hydrogen) atoms. The van der Waals surface area contributed by atoms with Gasteiger partial charge in [0.15, 0.2) is 0 Å². The molecule has 0 aliphatic carbocycles. The van der Waals surface area contributed by atoms with Crippen molar-refractivity contribution in [2.45, 2.75) is 24.1 Å². The molecule has 8 heteroatoms. The van der Waals surface area contributed by atoms with Gasteiger partial charge >= 0.3 is 18.0 Å². The first kappa shape index (κ1) is 16.5. The molecule has 0 aliphatic heterocycles. The maximum atomic E-state index is 13.0. The highest BCUT2D eigenvalue weighted by Crippen LogP contribution is 2.48. The molecule has 1 rings (SSSR count). The molecule has 0 saturated heterocycles. The molecule has 1 aromatic rings. The first-order valence-electron chi connectivity index (χ1n) is 5.24. The molecule has 0 spiro atoms. The summed E-state index contributed by atoms with van der Waals surface area (Å²) in [6, 6.07) is 7.36. The monoisotopic (exact) mass is 302 g/mol. The lowest BCUT2D eigenvalue weighted by Crippen LogP contribution is -2.57. The molecule has 1 aromatic carbocycles. The van der Waals surface area contributed by atoms with Crippen LogP contribution in [0.25, 0.3) is 6.08 Å². The van der Waals surface area contributed by atoms with Crippen LogP contribution in [0.1, 0.15) is 5.56 Å². The molecule has 112 valence electrons. The summed E-state index contributed by atoms with van der Waals surface area (Å²) in [7, 11) is 0. The fourth-order valence-electron chi connectivity index (χ4n) is 1.26. The van der Waals surface area contributed by atoms with E-state index in [4.69, 9.17) is 5.11 Å². The van der Waals surface area contributed by atoms with Gasteiger partial charge in [-0.15, -0.1) is 0 Å². The van der Waals surface area contributed by atoms with Crippen molar-refractivity contribution in [1.29, 1.82) is 0 Å². The van der Waals surface area contributed by atoms with E-state index in [-0.39, 0.29) is 11.6 Å². The Balaban J connectivity index is 2.96. The lowest BCUT2D eigenvalue weighted by atomic mass is 10.0. The first-order valence-corrected chi connectivity index (χ1v) is 5.24. The van der Waals surface area contributed by atoms with Gasteiger partial charge in [-0.2, -0.15) is 30.7 Å². The third-order valence-corrected chi connectivity index (χ3v) is 2.42. The maximum absolute atomic E-state index is 13.0. The van der Waals surface area contributed by atoms with E-state index in [1.165, 1.54) is 24.3 Å². The summed E-state index contributed by atoms with van der Waals surface area (Å²) in [5, 5.41) is 8.92. The van der Waals surface area contributed by atoms with E-state index in [0.717, 1.165) is 6.08 Å². The van der Waals surface area contributed by atoms with Crippen molar-refractivity contribution in [1.82, 2.24) is 0 Å². The number of benzene rings is 1. The second kappa shape index (κ2) is 5.43. The van der Waals surface area contributed by atoms with Crippen LogP contribution in [-0.2, 0) is 0 Å². The van der Waals surface area contributed by atoms with E-state index in [0.29, 0.717) is 0 Å². The lowest BCUT2D eigenvalue weighted by Gasteiger charge is -2.30. The van der Waals surface area contributed by atoms with E-state index in [2.05, 4.69) is 0 Å². The minimum absolute atomic E-state index is 0.189. The SMILES string of the molecule is OC(C=Cc1ccccc1)C(F)(F)C(F)(F)C(F)(F)F. The molecule has 0 radical (unpaired) electrons. The number of halogens is 7. The minimum atomic E-state index is -6.46. The highest BCUT2D eigenvalue weighted by atomic mass is 19.4. The summed E-state index contributed by atoms with van der Waals surface area (Å²) in [5.74, 6) is -12.0. The molecule has 0 saturated carbocycles. The molecule has 0 heterocycles. The molecule has 0 fully saturated rings. The number of rotatable bonds is 4. The summed E-state index contributed by atoms with van der Waals surface area (Å²) in [6.45, 7) is 0. The van der Waals surface area contributed by atoms with Crippen molar-refractivity contribution in [2.75, 3.05) is 0 Å². The van der Waals surface area contributed by atoms with E-state index < -0.39 is 24.1 Å². The minimum Gasteiger partial charge on any atom is -0.382 e. The van der Waals surface area contributed by atoms with Gasteiger partial charge in [0.25, 0.3) is 0 Å². The predicted molar refractivity (Wildman–Crippen MR) is 57.4 cm³/mol. The van der Waals surface area contributed by atoms with Crippen LogP contribution < -0.4 is 0 Å². The smallest absolute Gasteiger partial charge is 0.382 e. The average Bonchev–Trinajstić information content (AvgIpc) is 2.35. The zero-order valence-corrected chi connectivity index (χ0v) is 9.71. The number of hydrogen-bond acceptors (Lipinski definition) is 1. The van der Waals surface area contributed by atoms with Gasteiger partial charge in [-0.3, -0.25) is 0 Å². The predicted octanol–water partition coefficient (Wildman–Crippen LogP) is 3.89. The number of hydrogen-bond donors (Lipinski definition) is 1. The zero-order chi connectivity index (χ0) is 15.6. The van der Waals surface area contributed by atoms with Gasteiger partial charge in [-0.05, 0) is 11.6 Å². The summed E-state index contributed by atoms with van der Waals surface area (Å²) < 4.78 is 86.9. The van der Waals surface area contributed by atoms with Crippen LogP contribution >= 0.6 is 0 Å². The second-order valence-electron chi connectivity index (χ2n) is 3.91. The van der Waals surface area contributed by atoms with Crippen LogP contribution in [-0.4, -0.2) is 29.2 Å². The quantitative estimate of drug-likeness (QED) is 0.837. The van der Waals surface area contributed by atoms with Crippen molar-refractivity contribution in [2.24, 2.45) is 0 Å². The van der Waals surface area contributed by atoms with Gasteiger partial charge in [0.1, 0.15) is 6.10 Å². The third-order valence-electron chi connectivity index (χ3n) is 2.42. The normalized spacial score (nSPS) is 15.6. The average molecular weight is 302 g/mol. The van der Waals surface area contributed by atoms with Gasteiger partial charge < -0.3 is 5.11 Å². The van der Waals surface area contributed by atoms with E-state index >= 15 is 0 Å². The van der Waals surface area contributed by atoms with Crippen LogP contribution in [0.2, 0.25) is 0 Å². The lowest BCUT2D eigenvalue weighted by molar-refractivity contribution is -0.366. The Kier molecular flexibility index (Phi) is 4.48. The molecular formula is C12H9F7O. The number of aliphatic hydroxyl groups is 1. The van der Waals surface area contributed by atoms with Crippen molar-refractivity contribution in [3.63, 3.8) is 0 Å². The molecule has 0 bridgehead atoms. The summed E-state index contributed by atoms with van der Waals surface area (Å²) >= 11 is 0. The standard InChI is InChI=1S/C12H9F7O/c13-10(14,11(15,16)12(17,18)19)9(20)7-6-8-4-2-1-3-5-8/h1-7,9,20H. The van der Waals surface area contributed by atoms with Crippen LogP contribution in [0.4, 0.5) is 30.7 Å². The van der Waals surface area contributed by atoms with Crippen LogP contribution in [0.3, 0.4) is 0 Å². The van der Waals surface area contributed by atoms with Crippen LogP contribution in [0, 0.1) is 0 Å². The van der Waals surface area contributed by atoms with Crippen molar-refractivity contribution in [3.8, 4) is 0 Å². The summed E-state index contributed by atoms with van der Waals surface area (Å²) in [5.41, 5.74) is 0.262. The van der Waals surface area contributed by atoms with Gasteiger partial charge in [0, 0.05) is 0 Å². The molecule has 1 atom stereocenters. The number of aliphatic hydroxyl groups excluding tert-OH is 1. The Hall–Kier alpha value is -1.57. The Morgan fingerprint density at radius 1 is 0.900 bits per heavy atom. The summed E-state index contributed by atoms with van der Waals surface area (Å²) in [4.78, 5) is 0. The largest absolute Gasteiger partial charge is 0.459 e. The van der Waals surface area contributed by atoms with E-state index in [1.54, 1.807) is 6.07 Å². The molecule has 0 aliphatic rings. The highest BCUT2D eigenvalue weighted by Gasteiger charge is 2.75. The van der Waals surface area contributed by atoms with Crippen molar-refractivity contribution < 1.29 is 35.8 Å². The van der Waals surface area contributed by atoms with E-state index in [1.807, 2.05) is 0 Å². The van der Waals surface area contributed by atoms with E-state index in [9.17, 15) is 30.7 Å². The summed E-state index contributed by atoms with van der Waals surface area (Å²) in [6.07, 6.45) is -8.72. The molecule has 0 amide bonds. The van der Waals surface area contributed by atoms with Crippen molar-refractivity contribution >= 4 is 6.08 Å². The molecule has 1 nitrogen and oxygen atoms in total. The highest BCUT2D eigenvalue weighted by molar-refractivity contribution is 5.49. The molecule has 1 N–H and O–H groups in total. The fourth-order valence-corrected chi connectivity index (χ4v) is 1.26. The Labute approximate surface area is 109 Å². The van der Waals surface area contributed by atoms with Gasteiger partial charge in [0.05, 0.1) is 0 Å². The Morgan fingerprint density at radius 2 is 1.40 bits per heavy atom. The molecule has 1 unspecified atom stereocenters. The van der Waals surface area contributed by atoms with Crippen LogP contribution in [0.5, 0.6) is 0 Å². The fraction of sp³-hybridized carbons (Fsp3) is 0.333. The second-order valence-corrected chi connectivity index (χ2v) is 3.91. The van der Waals surface area contributed by atoms with Crippen LogP contribution in [0.15, 0.2) is 36.4 Å². The molecule has 0 aromatic heterocycles. The topological polar surface area (TPSA) is 20.2 Å². The number of alkyl halides is 7.